The quantitative estimate of drug-likeness (QED) is 0.723. The molecule has 0 saturated carbocycles. The highest BCUT2D eigenvalue weighted by molar-refractivity contribution is 9.10. The van der Waals surface area contributed by atoms with Gasteiger partial charge in [-0.15, -0.1) is 11.8 Å². The number of hydrogen-bond donors (Lipinski definition) is 0. The monoisotopic (exact) mass is 405 g/mol. The van der Waals surface area contributed by atoms with Crippen molar-refractivity contribution in [2.45, 2.75) is 18.7 Å². The summed E-state index contributed by atoms with van der Waals surface area (Å²) in [6.45, 7) is 2.89. The highest BCUT2D eigenvalue weighted by Gasteiger charge is 2.31. The third-order valence-electron chi connectivity index (χ3n) is 4.22. The molecule has 5 heteroatoms. The SMILES string of the molecule is CCc1ccc(C(=O)N2CCSC2c2ccc(OC)c(Br)c2)cc1. The summed E-state index contributed by atoms with van der Waals surface area (Å²) >= 11 is 5.33. The number of thioether (sulfide) groups is 1. The molecular weight excluding hydrogens is 386 g/mol. The van der Waals surface area contributed by atoms with Gasteiger partial charge in [-0.05, 0) is 57.7 Å². The van der Waals surface area contributed by atoms with E-state index in [1.807, 2.05) is 47.4 Å². The van der Waals surface area contributed by atoms with Gasteiger partial charge >= 0.3 is 0 Å². The molecule has 0 spiro atoms. The zero-order chi connectivity index (χ0) is 17.1. The van der Waals surface area contributed by atoms with Crippen molar-refractivity contribution in [1.29, 1.82) is 0 Å². The number of methoxy groups -OCH3 is 1. The molecule has 0 radical (unpaired) electrons. The van der Waals surface area contributed by atoms with Crippen molar-refractivity contribution in [1.82, 2.24) is 4.90 Å². The van der Waals surface area contributed by atoms with Crippen molar-refractivity contribution in [2.24, 2.45) is 0 Å². The average Bonchev–Trinajstić information content (AvgIpc) is 3.10. The Morgan fingerprint density at radius 1 is 1.29 bits per heavy atom. The van der Waals surface area contributed by atoms with Gasteiger partial charge in [0.15, 0.2) is 0 Å². The van der Waals surface area contributed by atoms with Crippen LogP contribution < -0.4 is 4.74 Å². The number of amides is 1. The minimum atomic E-state index is 0.0468. The van der Waals surface area contributed by atoms with E-state index in [1.165, 1.54) is 5.56 Å². The van der Waals surface area contributed by atoms with E-state index in [1.54, 1.807) is 18.9 Å². The summed E-state index contributed by atoms with van der Waals surface area (Å²) in [6.07, 6.45) is 0.983. The Morgan fingerprint density at radius 3 is 2.67 bits per heavy atom. The van der Waals surface area contributed by atoms with Crippen molar-refractivity contribution < 1.29 is 9.53 Å². The van der Waals surface area contributed by atoms with Gasteiger partial charge in [-0.25, -0.2) is 0 Å². The van der Waals surface area contributed by atoms with Crippen LogP contribution in [0.5, 0.6) is 5.75 Å². The molecule has 1 unspecified atom stereocenters. The maximum absolute atomic E-state index is 12.9. The molecule has 2 aromatic rings. The Balaban J connectivity index is 1.84. The minimum Gasteiger partial charge on any atom is -0.496 e. The van der Waals surface area contributed by atoms with Crippen LogP contribution >= 0.6 is 27.7 Å². The van der Waals surface area contributed by atoms with E-state index in [4.69, 9.17) is 4.74 Å². The number of halogens is 1. The summed E-state index contributed by atoms with van der Waals surface area (Å²) in [4.78, 5) is 14.9. The predicted molar refractivity (Wildman–Crippen MR) is 103 cm³/mol. The first-order valence-electron chi connectivity index (χ1n) is 7.99. The Kier molecular flexibility index (Phi) is 5.51. The highest BCUT2D eigenvalue weighted by Crippen LogP contribution is 2.41. The van der Waals surface area contributed by atoms with Gasteiger partial charge in [0.1, 0.15) is 11.1 Å². The molecule has 0 bridgehead atoms. The first-order chi connectivity index (χ1) is 11.6. The van der Waals surface area contributed by atoms with Gasteiger partial charge < -0.3 is 9.64 Å². The van der Waals surface area contributed by atoms with Crippen LogP contribution in [0.1, 0.15) is 33.8 Å². The molecule has 1 aliphatic heterocycles. The topological polar surface area (TPSA) is 29.5 Å². The fourth-order valence-corrected chi connectivity index (χ4v) is 4.64. The molecule has 1 saturated heterocycles. The third-order valence-corrected chi connectivity index (χ3v) is 6.10. The van der Waals surface area contributed by atoms with Crippen LogP contribution in [-0.2, 0) is 6.42 Å². The smallest absolute Gasteiger partial charge is 0.255 e. The molecule has 2 aromatic carbocycles. The lowest BCUT2D eigenvalue weighted by molar-refractivity contribution is 0.0760. The lowest BCUT2D eigenvalue weighted by Crippen LogP contribution is -2.30. The molecule has 1 fully saturated rings. The van der Waals surface area contributed by atoms with Crippen molar-refractivity contribution in [3.05, 3.63) is 63.6 Å². The molecule has 1 amide bonds. The second-order valence-electron chi connectivity index (χ2n) is 5.67. The van der Waals surface area contributed by atoms with Gasteiger partial charge in [-0.3, -0.25) is 4.79 Å². The number of hydrogen-bond acceptors (Lipinski definition) is 3. The highest BCUT2D eigenvalue weighted by atomic mass is 79.9. The summed E-state index contributed by atoms with van der Waals surface area (Å²) < 4.78 is 6.21. The molecular formula is C19H20BrNO2S. The first-order valence-corrected chi connectivity index (χ1v) is 9.83. The second kappa shape index (κ2) is 7.62. The Bertz CT molecular complexity index is 733. The van der Waals surface area contributed by atoms with Gasteiger partial charge in [0, 0.05) is 17.9 Å². The van der Waals surface area contributed by atoms with Crippen LogP contribution in [0.15, 0.2) is 46.9 Å². The number of aryl methyl sites for hydroxylation is 1. The van der Waals surface area contributed by atoms with Gasteiger partial charge in [-0.2, -0.15) is 0 Å². The van der Waals surface area contributed by atoms with Crippen LogP contribution in [0.4, 0.5) is 0 Å². The van der Waals surface area contributed by atoms with E-state index >= 15 is 0 Å². The standard InChI is InChI=1S/C19H20BrNO2S/c1-3-13-4-6-14(7-5-13)18(22)21-10-11-24-19(21)15-8-9-17(23-2)16(20)12-15/h4-9,12,19H,3,10-11H2,1-2H3. The van der Waals surface area contributed by atoms with Gasteiger partial charge in [0.05, 0.1) is 11.6 Å². The predicted octanol–water partition coefficient (Wildman–Crippen LogP) is 4.91. The van der Waals surface area contributed by atoms with Crippen LogP contribution in [0.25, 0.3) is 0 Å². The zero-order valence-electron chi connectivity index (χ0n) is 13.8. The summed E-state index contributed by atoms with van der Waals surface area (Å²) in [5.74, 6) is 1.85. The normalized spacial score (nSPS) is 17.1. The lowest BCUT2D eigenvalue weighted by atomic mass is 10.1. The summed E-state index contributed by atoms with van der Waals surface area (Å²) in [5.41, 5.74) is 3.12. The van der Waals surface area contributed by atoms with Crippen molar-refractivity contribution in [2.75, 3.05) is 19.4 Å². The molecule has 1 aliphatic rings. The molecule has 0 aliphatic carbocycles. The fraction of sp³-hybridized carbons (Fsp3) is 0.316. The van der Waals surface area contributed by atoms with E-state index in [0.29, 0.717) is 0 Å². The van der Waals surface area contributed by atoms with Crippen LogP contribution in [-0.4, -0.2) is 30.2 Å². The summed E-state index contributed by atoms with van der Waals surface area (Å²) in [6, 6.07) is 14.0. The van der Waals surface area contributed by atoms with Crippen molar-refractivity contribution in [3.63, 3.8) is 0 Å². The lowest BCUT2D eigenvalue weighted by Gasteiger charge is -2.24. The van der Waals surface area contributed by atoms with E-state index < -0.39 is 0 Å². The molecule has 3 rings (SSSR count). The molecule has 1 atom stereocenters. The Hall–Kier alpha value is -1.46. The van der Waals surface area contributed by atoms with Crippen LogP contribution in [0.2, 0.25) is 0 Å². The Labute approximate surface area is 155 Å². The number of nitrogens with zero attached hydrogens (tertiary/aromatic N) is 1. The number of ether oxygens (including phenoxy) is 1. The largest absolute Gasteiger partial charge is 0.496 e. The van der Waals surface area contributed by atoms with E-state index in [9.17, 15) is 4.79 Å². The summed E-state index contributed by atoms with van der Waals surface area (Å²) in [7, 11) is 1.65. The molecule has 1 heterocycles. The molecule has 126 valence electrons. The molecule has 0 N–H and O–H groups in total. The van der Waals surface area contributed by atoms with Crippen LogP contribution in [0.3, 0.4) is 0 Å². The second-order valence-corrected chi connectivity index (χ2v) is 7.71. The third kappa shape index (κ3) is 3.47. The Morgan fingerprint density at radius 2 is 2.04 bits per heavy atom. The molecule has 24 heavy (non-hydrogen) atoms. The fourth-order valence-electron chi connectivity index (χ4n) is 2.84. The zero-order valence-corrected chi connectivity index (χ0v) is 16.2. The van der Waals surface area contributed by atoms with Crippen molar-refractivity contribution in [3.8, 4) is 5.75 Å². The average molecular weight is 406 g/mol. The molecule has 0 aromatic heterocycles. The van der Waals surface area contributed by atoms with Gasteiger partial charge in [0.2, 0.25) is 0 Å². The number of benzene rings is 2. The van der Waals surface area contributed by atoms with E-state index in [-0.39, 0.29) is 11.3 Å². The van der Waals surface area contributed by atoms with Gasteiger partial charge in [0.25, 0.3) is 5.91 Å². The maximum atomic E-state index is 12.9. The van der Waals surface area contributed by atoms with Crippen molar-refractivity contribution >= 4 is 33.6 Å². The number of rotatable bonds is 4. The van der Waals surface area contributed by atoms with E-state index in [0.717, 1.165) is 40.1 Å². The van der Waals surface area contributed by atoms with Gasteiger partial charge in [-0.1, -0.05) is 25.1 Å². The van der Waals surface area contributed by atoms with E-state index in [2.05, 4.69) is 22.9 Å². The number of carbonyl (C=O) groups excluding carboxylic acids is 1. The minimum absolute atomic E-state index is 0.0468. The summed E-state index contributed by atoms with van der Waals surface area (Å²) in [5, 5.41) is 0.0468. The molecule has 3 nitrogen and oxygen atoms in total. The first kappa shape index (κ1) is 17.4. The maximum Gasteiger partial charge on any atom is 0.255 e. The van der Waals surface area contributed by atoms with Crippen LogP contribution in [0, 0.1) is 0 Å². The number of carbonyl (C=O) groups is 1.